The highest BCUT2D eigenvalue weighted by Crippen LogP contribution is 2.36. The van der Waals surface area contributed by atoms with Crippen LogP contribution in [-0.4, -0.2) is 46.2 Å². The van der Waals surface area contributed by atoms with Gasteiger partial charge in [-0.25, -0.2) is 9.79 Å². The Bertz CT molecular complexity index is 967. The lowest BCUT2D eigenvalue weighted by Gasteiger charge is -2.35. The lowest BCUT2D eigenvalue weighted by molar-refractivity contribution is 0.163. The smallest absolute Gasteiger partial charge is 0.317 e. The zero-order valence-corrected chi connectivity index (χ0v) is 19.3. The number of likely N-dealkylation sites (tertiary alicyclic amines) is 1. The van der Waals surface area contributed by atoms with Gasteiger partial charge in [0, 0.05) is 43.1 Å². The van der Waals surface area contributed by atoms with Gasteiger partial charge < -0.3 is 10.2 Å². The van der Waals surface area contributed by atoms with Gasteiger partial charge in [-0.05, 0) is 29.9 Å². The van der Waals surface area contributed by atoms with Crippen molar-refractivity contribution in [1.29, 1.82) is 0 Å². The van der Waals surface area contributed by atoms with E-state index in [4.69, 9.17) is 21.6 Å². The molecule has 0 saturated carbocycles. The molecule has 0 atom stereocenters. The second-order valence-electron chi connectivity index (χ2n) is 7.85. The van der Waals surface area contributed by atoms with Crippen LogP contribution in [0.2, 0.25) is 5.02 Å². The number of carbonyl (C=O) groups excluding carboxylic acids is 1. The second kappa shape index (κ2) is 9.88. The molecule has 0 radical (unpaired) electrons. The van der Waals surface area contributed by atoms with Crippen LogP contribution in [0.25, 0.3) is 0 Å². The number of rotatable bonds is 5. The molecule has 2 aliphatic rings. The minimum absolute atomic E-state index is 0.0248. The van der Waals surface area contributed by atoms with Gasteiger partial charge in [-0.1, -0.05) is 61.0 Å². The summed E-state index contributed by atoms with van der Waals surface area (Å²) < 4.78 is 0. The van der Waals surface area contributed by atoms with Crippen LogP contribution in [0, 0.1) is 0 Å². The molecule has 162 valence electrons. The van der Waals surface area contributed by atoms with E-state index in [1.165, 1.54) is 0 Å². The van der Waals surface area contributed by atoms with E-state index in [0.29, 0.717) is 24.7 Å². The average molecular weight is 455 g/mol. The van der Waals surface area contributed by atoms with Gasteiger partial charge in [-0.3, -0.25) is 4.99 Å². The summed E-state index contributed by atoms with van der Waals surface area (Å²) in [5.41, 5.74) is 2.64. The molecule has 4 rings (SSSR count). The van der Waals surface area contributed by atoms with Crippen molar-refractivity contribution in [2.45, 2.75) is 38.4 Å². The number of urea groups is 1. The van der Waals surface area contributed by atoms with Gasteiger partial charge >= 0.3 is 6.03 Å². The van der Waals surface area contributed by atoms with Crippen molar-refractivity contribution in [3.8, 4) is 0 Å². The fourth-order valence-corrected chi connectivity index (χ4v) is 4.85. The molecule has 5 nitrogen and oxygen atoms in total. The van der Waals surface area contributed by atoms with Gasteiger partial charge in [0.2, 0.25) is 0 Å². The maximum Gasteiger partial charge on any atom is 0.317 e. The normalized spacial score (nSPS) is 17.4. The summed E-state index contributed by atoms with van der Waals surface area (Å²) in [6, 6.07) is 17.7. The first-order valence-corrected chi connectivity index (χ1v) is 12.1. The Kier molecular flexibility index (Phi) is 6.98. The maximum absolute atomic E-state index is 12.6. The van der Waals surface area contributed by atoms with Crippen molar-refractivity contribution < 1.29 is 4.79 Å². The first-order valence-electron chi connectivity index (χ1n) is 10.7. The van der Waals surface area contributed by atoms with Crippen LogP contribution >= 0.6 is 23.4 Å². The topological polar surface area (TPSA) is 57.1 Å². The Morgan fingerprint density at radius 3 is 2.48 bits per heavy atom. The number of hydrogen-bond donors (Lipinski definition) is 1. The van der Waals surface area contributed by atoms with E-state index in [1.54, 1.807) is 11.8 Å². The van der Waals surface area contributed by atoms with E-state index in [2.05, 4.69) is 12.2 Å². The third kappa shape index (κ3) is 5.31. The summed E-state index contributed by atoms with van der Waals surface area (Å²) in [4.78, 5) is 24.7. The minimum atomic E-state index is -0.457. The molecular formula is C24H27ClN4OS. The fourth-order valence-electron chi connectivity index (χ4n) is 3.79. The summed E-state index contributed by atoms with van der Waals surface area (Å²) >= 11 is 7.84. The molecule has 0 unspecified atom stereocenters. The highest BCUT2D eigenvalue weighted by molar-refractivity contribution is 8.15. The van der Waals surface area contributed by atoms with E-state index >= 15 is 0 Å². The van der Waals surface area contributed by atoms with Gasteiger partial charge in [0.25, 0.3) is 0 Å². The number of halogens is 1. The highest BCUT2D eigenvalue weighted by atomic mass is 35.5. The molecule has 1 saturated heterocycles. The fraction of sp³-hybridized carbons (Fsp3) is 0.375. The van der Waals surface area contributed by atoms with Gasteiger partial charge in [-0.2, -0.15) is 0 Å². The van der Waals surface area contributed by atoms with Crippen LogP contribution in [-0.2, 0) is 6.54 Å². The number of benzene rings is 2. The van der Waals surface area contributed by atoms with Crippen LogP contribution < -0.4 is 5.32 Å². The molecular weight excluding hydrogens is 428 g/mol. The number of hydrogen-bond acceptors (Lipinski definition) is 4. The predicted octanol–water partition coefficient (Wildman–Crippen LogP) is 5.39. The standard InChI is InChI=1S/C24H27ClN4OS/c1-2-16-31-22-21(19-8-10-20(25)11-9-19)27-24(28-22)12-14-29(15-13-24)23(30)26-17-18-6-4-3-5-7-18/h3-11H,2,12-17H2,1H3,(H,26,30). The Hall–Kier alpha value is -2.31. The zero-order chi connectivity index (χ0) is 21.7. The molecule has 1 spiro atoms. The lowest BCUT2D eigenvalue weighted by Crippen LogP contribution is -2.48. The summed E-state index contributed by atoms with van der Waals surface area (Å²) in [6.07, 6.45) is 2.55. The molecule has 7 heteroatoms. The van der Waals surface area contributed by atoms with Crippen molar-refractivity contribution >= 4 is 40.1 Å². The van der Waals surface area contributed by atoms with Gasteiger partial charge in [0.15, 0.2) is 5.66 Å². The average Bonchev–Trinajstić information content (AvgIpc) is 3.15. The largest absolute Gasteiger partial charge is 0.334 e. The Morgan fingerprint density at radius 1 is 1.10 bits per heavy atom. The Labute approximate surface area is 193 Å². The lowest BCUT2D eigenvalue weighted by atomic mass is 9.98. The van der Waals surface area contributed by atoms with Crippen molar-refractivity contribution in [3.63, 3.8) is 0 Å². The van der Waals surface area contributed by atoms with Crippen molar-refractivity contribution in [2.75, 3.05) is 18.8 Å². The molecule has 0 aliphatic carbocycles. The number of thioether (sulfide) groups is 1. The van der Waals surface area contributed by atoms with E-state index in [-0.39, 0.29) is 6.03 Å². The van der Waals surface area contributed by atoms with Crippen LogP contribution in [0.4, 0.5) is 4.79 Å². The summed E-state index contributed by atoms with van der Waals surface area (Å²) in [7, 11) is 0. The van der Waals surface area contributed by atoms with Crippen LogP contribution in [0.5, 0.6) is 0 Å². The van der Waals surface area contributed by atoms with E-state index in [1.807, 2.05) is 59.5 Å². The maximum atomic E-state index is 12.6. The molecule has 0 bridgehead atoms. The first-order chi connectivity index (χ1) is 15.1. The van der Waals surface area contributed by atoms with Crippen LogP contribution in [0.1, 0.15) is 37.3 Å². The zero-order valence-electron chi connectivity index (χ0n) is 17.7. The van der Waals surface area contributed by atoms with E-state index in [9.17, 15) is 4.79 Å². The number of nitrogens with zero attached hydrogens (tertiary/aromatic N) is 3. The van der Waals surface area contributed by atoms with Crippen LogP contribution in [0.3, 0.4) is 0 Å². The van der Waals surface area contributed by atoms with Gasteiger partial charge in [0.05, 0.1) is 5.71 Å². The minimum Gasteiger partial charge on any atom is -0.334 e. The quantitative estimate of drug-likeness (QED) is 0.658. The molecule has 2 amide bonds. The molecule has 31 heavy (non-hydrogen) atoms. The third-order valence-corrected chi connectivity index (χ3v) is 6.95. The number of aliphatic imine (C=N–C) groups is 2. The van der Waals surface area contributed by atoms with E-state index < -0.39 is 5.66 Å². The number of amides is 2. The Balaban J connectivity index is 1.42. The summed E-state index contributed by atoms with van der Waals surface area (Å²) in [6.45, 7) is 4.00. The first kappa shape index (κ1) is 21.9. The SMILES string of the molecule is CCCSC1=NC2(CCN(C(=O)NCc3ccccc3)CC2)N=C1c1ccc(Cl)cc1. The van der Waals surface area contributed by atoms with Crippen molar-refractivity contribution in [1.82, 2.24) is 10.2 Å². The van der Waals surface area contributed by atoms with Crippen molar-refractivity contribution in [3.05, 3.63) is 70.7 Å². The molecule has 1 N–H and O–H groups in total. The monoisotopic (exact) mass is 454 g/mol. The molecule has 2 aromatic rings. The molecule has 1 fully saturated rings. The highest BCUT2D eigenvalue weighted by Gasteiger charge is 2.40. The summed E-state index contributed by atoms with van der Waals surface area (Å²) in [5.74, 6) is 1.01. The number of piperidine rings is 1. The molecule has 0 aromatic heterocycles. The van der Waals surface area contributed by atoms with Gasteiger partial charge in [0.1, 0.15) is 5.04 Å². The molecule has 2 aromatic carbocycles. The predicted molar refractivity (Wildman–Crippen MR) is 130 cm³/mol. The summed E-state index contributed by atoms with van der Waals surface area (Å²) in [5, 5.41) is 4.74. The third-order valence-electron chi connectivity index (χ3n) is 5.53. The number of nitrogens with one attached hydrogen (secondary N) is 1. The van der Waals surface area contributed by atoms with E-state index in [0.717, 1.165) is 46.9 Å². The Morgan fingerprint density at radius 2 is 1.81 bits per heavy atom. The second-order valence-corrected chi connectivity index (χ2v) is 9.37. The number of carbonyl (C=O) groups is 1. The molecule has 2 aliphatic heterocycles. The van der Waals surface area contributed by atoms with Gasteiger partial charge in [-0.15, -0.1) is 11.8 Å². The van der Waals surface area contributed by atoms with Crippen molar-refractivity contribution in [2.24, 2.45) is 9.98 Å². The molecule has 2 heterocycles. The van der Waals surface area contributed by atoms with Crippen LogP contribution in [0.15, 0.2) is 64.6 Å².